The van der Waals surface area contributed by atoms with E-state index in [9.17, 15) is 9.59 Å². The van der Waals surface area contributed by atoms with Gasteiger partial charge >= 0.3 is 6.03 Å². The molecule has 80 valence electrons. The molecule has 1 saturated heterocycles. The van der Waals surface area contributed by atoms with Gasteiger partial charge in [-0.3, -0.25) is 10.1 Å². The Morgan fingerprint density at radius 3 is 2.29 bits per heavy atom. The van der Waals surface area contributed by atoms with Crippen LogP contribution in [0.2, 0.25) is 0 Å². The van der Waals surface area contributed by atoms with Crippen LogP contribution in [0.15, 0.2) is 0 Å². The molecule has 1 rings (SSSR count). The van der Waals surface area contributed by atoms with Gasteiger partial charge in [-0.2, -0.15) is 0 Å². The average Bonchev–Trinajstić information content (AvgIpc) is 2.26. The minimum Gasteiger partial charge on any atom is -0.370 e. The predicted octanol–water partition coefficient (Wildman–Crippen LogP) is 0.398. The first-order chi connectivity index (χ1) is 6.29. The van der Waals surface area contributed by atoms with Gasteiger partial charge in [0.2, 0.25) is 0 Å². The first-order valence-corrected chi connectivity index (χ1v) is 4.59. The molecule has 1 unspecified atom stereocenters. The van der Waals surface area contributed by atoms with Gasteiger partial charge in [0.1, 0.15) is 6.04 Å². The lowest BCUT2D eigenvalue weighted by molar-refractivity contribution is -0.127. The van der Waals surface area contributed by atoms with Gasteiger partial charge in [-0.05, 0) is 27.7 Å². The highest BCUT2D eigenvalue weighted by Gasteiger charge is 2.36. The topological polar surface area (TPSA) is 67.4 Å². The molecule has 0 spiro atoms. The van der Waals surface area contributed by atoms with Crippen LogP contribution >= 0.6 is 0 Å². The zero-order valence-corrected chi connectivity index (χ0v) is 8.88. The van der Waals surface area contributed by atoms with Crippen molar-refractivity contribution >= 4 is 11.9 Å². The largest absolute Gasteiger partial charge is 0.370 e. The molecule has 0 saturated carbocycles. The highest BCUT2D eigenvalue weighted by atomic mass is 16.5. The molecule has 14 heavy (non-hydrogen) atoms. The van der Waals surface area contributed by atoms with E-state index in [1.807, 2.05) is 20.8 Å². The van der Waals surface area contributed by atoms with Crippen molar-refractivity contribution in [2.45, 2.75) is 45.4 Å². The number of amides is 3. The molecule has 0 radical (unpaired) electrons. The predicted molar refractivity (Wildman–Crippen MR) is 50.8 cm³/mol. The molecule has 5 nitrogen and oxygen atoms in total. The zero-order chi connectivity index (χ0) is 10.9. The zero-order valence-electron chi connectivity index (χ0n) is 8.88. The van der Waals surface area contributed by atoms with E-state index < -0.39 is 12.1 Å². The molecule has 1 heterocycles. The molecular formula is C9H16N2O3. The van der Waals surface area contributed by atoms with Crippen LogP contribution in [0, 0.1) is 0 Å². The van der Waals surface area contributed by atoms with Crippen LogP contribution in [0.4, 0.5) is 4.79 Å². The maximum atomic E-state index is 11.2. The summed E-state index contributed by atoms with van der Waals surface area (Å²) in [5.74, 6) is -0.327. The molecule has 3 amide bonds. The second kappa shape index (κ2) is 3.57. The summed E-state index contributed by atoms with van der Waals surface area (Å²) in [4.78, 5) is 22.1. The molecular weight excluding hydrogens is 184 g/mol. The van der Waals surface area contributed by atoms with Crippen LogP contribution in [0.25, 0.3) is 0 Å². The Labute approximate surface area is 83.2 Å². The van der Waals surface area contributed by atoms with Crippen LogP contribution < -0.4 is 10.6 Å². The van der Waals surface area contributed by atoms with Gasteiger partial charge in [0, 0.05) is 0 Å². The number of urea groups is 1. The molecule has 1 aliphatic rings. The van der Waals surface area contributed by atoms with Crippen molar-refractivity contribution in [2.75, 3.05) is 0 Å². The van der Waals surface area contributed by atoms with Crippen LogP contribution in [0.5, 0.6) is 0 Å². The highest BCUT2D eigenvalue weighted by molar-refractivity contribution is 6.04. The fourth-order valence-corrected chi connectivity index (χ4v) is 1.39. The maximum Gasteiger partial charge on any atom is 0.322 e. The van der Waals surface area contributed by atoms with E-state index in [-0.39, 0.29) is 17.6 Å². The number of imide groups is 1. The normalized spacial score (nSPS) is 24.4. The van der Waals surface area contributed by atoms with E-state index in [0.717, 1.165) is 0 Å². The molecule has 0 aromatic carbocycles. The van der Waals surface area contributed by atoms with E-state index in [4.69, 9.17) is 4.74 Å². The van der Waals surface area contributed by atoms with Crippen molar-refractivity contribution in [3.05, 3.63) is 0 Å². The highest BCUT2D eigenvalue weighted by Crippen LogP contribution is 2.14. The van der Waals surface area contributed by atoms with Gasteiger partial charge in [-0.25, -0.2) is 4.79 Å². The van der Waals surface area contributed by atoms with Crippen molar-refractivity contribution in [1.82, 2.24) is 10.6 Å². The lowest BCUT2D eigenvalue weighted by Gasteiger charge is -2.27. The average molecular weight is 200 g/mol. The summed E-state index contributed by atoms with van der Waals surface area (Å²) in [5.41, 5.74) is -0.326. The summed E-state index contributed by atoms with van der Waals surface area (Å²) >= 11 is 0. The quantitative estimate of drug-likeness (QED) is 0.634. The fourth-order valence-electron chi connectivity index (χ4n) is 1.39. The number of nitrogens with one attached hydrogen (secondary N) is 2. The smallest absolute Gasteiger partial charge is 0.322 e. The Bertz CT molecular complexity index is 257. The molecule has 5 heteroatoms. The monoisotopic (exact) mass is 200 g/mol. The summed E-state index contributed by atoms with van der Waals surface area (Å²) in [6.07, 6.45) is -0.332. The number of hydrogen-bond donors (Lipinski definition) is 2. The van der Waals surface area contributed by atoms with Gasteiger partial charge in [-0.15, -0.1) is 0 Å². The lowest BCUT2D eigenvalue weighted by Crippen LogP contribution is -2.43. The number of carbonyl (C=O) groups excluding carboxylic acids is 2. The third-order valence-electron chi connectivity index (χ3n) is 1.81. The molecule has 1 fully saturated rings. The summed E-state index contributed by atoms with van der Waals surface area (Å²) in [6, 6.07) is -1.04. The van der Waals surface area contributed by atoms with E-state index in [0.29, 0.717) is 0 Å². The second-order valence-electron chi connectivity index (χ2n) is 4.38. The Balaban J connectivity index is 2.57. The Morgan fingerprint density at radius 1 is 1.36 bits per heavy atom. The second-order valence-corrected chi connectivity index (χ2v) is 4.38. The summed E-state index contributed by atoms with van der Waals surface area (Å²) in [5, 5.41) is 4.67. The Morgan fingerprint density at radius 2 is 1.93 bits per heavy atom. The summed E-state index contributed by atoms with van der Waals surface area (Å²) in [7, 11) is 0. The molecule has 0 aromatic rings. The van der Waals surface area contributed by atoms with Crippen LogP contribution in [-0.4, -0.2) is 29.7 Å². The first-order valence-electron chi connectivity index (χ1n) is 4.59. The van der Waals surface area contributed by atoms with E-state index in [2.05, 4.69) is 10.6 Å². The van der Waals surface area contributed by atoms with Crippen LogP contribution in [0.1, 0.15) is 27.7 Å². The number of hydrogen-bond acceptors (Lipinski definition) is 3. The van der Waals surface area contributed by atoms with Crippen molar-refractivity contribution < 1.29 is 14.3 Å². The van der Waals surface area contributed by atoms with Gasteiger partial charge < -0.3 is 10.1 Å². The molecule has 1 aliphatic heterocycles. The third-order valence-corrected chi connectivity index (χ3v) is 1.81. The summed E-state index contributed by atoms with van der Waals surface area (Å²) in [6.45, 7) is 7.47. The van der Waals surface area contributed by atoms with Crippen LogP contribution in [0.3, 0.4) is 0 Å². The van der Waals surface area contributed by atoms with Crippen molar-refractivity contribution in [3.63, 3.8) is 0 Å². The molecule has 2 atom stereocenters. The van der Waals surface area contributed by atoms with Crippen molar-refractivity contribution in [1.29, 1.82) is 0 Å². The van der Waals surface area contributed by atoms with Gasteiger partial charge in [-0.1, -0.05) is 0 Å². The van der Waals surface area contributed by atoms with Crippen molar-refractivity contribution in [2.24, 2.45) is 0 Å². The van der Waals surface area contributed by atoms with Crippen molar-refractivity contribution in [3.8, 4) is 0 Å². The number of rotatable bonds is 2. The fraction of sp³-hybridized carbons (Fsp3) is 0.778. The molecule has 2 N–H and O–H groups in total. The van der Waals surface area contributed by atoms with E-state index in [1.54, 1.807) is 6.92 Å². The third kappa shape index (κ3) is 2.70. The Hall–Kier alpha value is -1.10. The number of carbonyl (C=O) groups is 2. The van der Waals surface area contributed by atoms with Gasteiger partial charge in [0.05, 0.1) is 11.7 Å². The molecule has 0 bridgehead atoms. The minimum absolute atomic E-state index is 0.326. The molecule has 0 aliphatic carbocycles. The minimum atomic E-state index is -0.582. The van der Waals surface area contributed by atoms with E-state index in [1.165, 1.54) is 0 Å². The van der Waals surface area contributed by atoms with Gasteiger partial charge in [0.25, 0.3) is 5.91 Å². The molecule has 0 aromatic heterocycles. The Kier molecular flexibility index (Phi) is 2.80. The standard InChI is InChI=1S/C9H16N2O3/c1-5(14-9(2,3)4)6-7(12)11-8(13)10-6/h5-6H,1-4H3,(H2,10,11,12,13)/t5?,6-/m0/s1. The number of ether oxygens (including phenoxy) is 1. The maximum absolute atomic E-state index is 11.2. The summed E-state index contributed by atoms with van der Waals surface area (Å²) < 4.78 is 5.56. The first kappa shape index (κ1) is 11.0. The lowest BCUT2D eigenvalue weighted by atomic mass is 10.1. The SMILES string of the molecule is CC(OC(C)(C)C)[C@@H]1NC(=O)NC1=O. The van der Waals surface area contributed by atoms with E-state index >= 15 is 0 Å². The van der Waals surface area contributed by atoms with Crippen LogP contribution in [-0.2, 0) is 9.53 Å². The van der Waals surface area contributed by atoms with Gasteiger partial charge in [0.15, 0.2) is 0 Å².